The van der Waals surface area contributed by atoms with Crippen LogP contribution in [0.1, 0.15) is 0 Å². The summed E-state index contributed by atoms with van der Waals surface area (Å²) in [5.74, 6) is 0. The van der Waals surface area contributed by atoms with Crippen LogP contribution in [0.25, 0.3) is 44.7 Å². The van der Waals surface area contributed by atoms with Crippen molar-refractivity contribution in [2.75, 3.05) is 0 Å². The predicted molar refractivity (Wildman–Crippen MR) is 92.2 cm³/mol. The lowest BCUT2D eigenvalue weighted by atomic mass is 10.1. The lowest BCUT2D eigenvalue weighted by molar-refractivity contribution is 1.10. The first-order chi connectivity index (χ1) is 11.9. The van der Waals surface area contributed by atoms with Crippen LogP contribution in [0.15, 0.2) is 61.1 Å². The summed E-state index contributed by atoms with van der Waals surface area (Å²) in [6.45, 7) is 0. The Morgan fingerprint density at radius 2 is 1.83 bits per heavy atom. The van der Waals surface area contributed by atoms with Gasteiger partial charge in [-0.15, -0.1) is 0 Å². The lowest BCUT2D eigenvalue weighted by Gasteiger charge is -2.00. The number of fused-ring (bicyclic) bond motifs is 2. The lowest BCUT2D eigenvalue weighted by Crippen LogP contribution is -1.85. The molecule has 0 aromatic carbocycles. The first-order valence-corrected chi connectivity index (χ1v) is 7.58. The summed E-state index contributed by atoms with van der Waals surface area (Å²) >= 11 is 0. The van der Waals surface area contributed by atoms with Crippen molar-refractivity contribution in [2.24, 2.45) is 0 Å². The van der Waals surface area contributed by atoms with Crippen molar-refractivity contribution in [3.05, 3.63) is 61.1 Å². The van der Waals surface area contributed by atoms with E-state index in [0.29, 0.717) is 0 Å². The van der Waals surface area contributed by atoms with Crippen LogP contribution < -0.4 is 0 Å². The van der Waals surface area contributed by atoms with E-state index in [1.54, 1.807) is 18.6 Å². The fourth-order valence-corrected chi connectivity index (χ4v) is 2.87. The summed E-state index contributed by atoms with van der Waals surface area (Å²) in [7, 11) is 0. The van der Waals surface area contributed by atoms with Gasteiger partial charge in [0.15, 0.2) is 5.65 Å². The number of aromatic amines is 2. The Bertz CT molecular complexity index is 1120. The molecule has 0 fully saturated rings. The highest BCUT2D eigenvalue weighted by atomic mass is 15.2. The maximum atomic E-state index is 4.47. The van der Waals surface area contributed by atoms with Crippen LogP contribution >= 0.6 is 0 Å². The number of pyridine rings is 3. The Morgan fingerprint density at radius 3 is 2.71 bits per heavy atom. The molecule has 6 heteroatoms. The monoisotopic (exact) mass is 312 g/mol. The van der Waals surface area contributed by atoms with Crippen LogP contribution in [-0.2, 0) is 0 Å². The number of nitrogens with one attached hydrogen (secondary N) is 2. The summed E-state index contributed by atoms with van der Waals surface area (Å²) in [6.07, 6.45) is 5.36. The van der Waals surface area contributed by atoms with Crippen LogP contribution in [0.3, 0.4) is 0 Å². The molecule has 0 saturated carbocycles. The van der Waals surface area contributed by atoms with Gasteiger partial charge < -0.3 is 4.98 Å². The van der Waals surface area contributed by atoms with Crippen LogP contribution in [0.4, 0.5) is 0 Å². The van der Waals surface area contributed by atoms with Crippen LogP contribution in [0.5, 0.6) is 0 Å². The average Bonchev–Trinajstić information content (AvgIpc) is 3.25. The molecule has 0 aliphatic heterocycles. The maximum absolute atomic E-state index is 4.47. The maximum Gasteiger partial charge on any atom is 0.155 e. The van der Waals surface area contributed by atoms with Gasteiger partial charge in [-0.25, -0.2) is 4.98 Å². The van der Waals surface area contributed by atoms with Crippen molar-refractivity contribution in [1.82, 2.24) is 30.1 Å². The van der Waals surface area contributed by atoms with E-state index in [2.05, 4.69) is 36.2 Å². The van der Waals surface area contributed by atoms with Crippen LogP contribution in [-0.4, -0.2) is 30.1 Å². The highest BCUT2D eigenvalue weighted by molar-refractivity contribution is 5.94. The Hall–Kier alpha value is -3.54. The molecule has 0 saturated heterocycles. The molecular weight excluding hydrogens is 300 g/mol. The molecule has 0 spiro atoms. The molecule has 0 atom stereocenters. The van der Waals surface area contributed by atoms with Crippen molar-refractivity contribution in [1.29, 1.82) is 0 Å². The van der Waals surface area contributed by atoms with Gasteiger partial charge in [0.25, 0.3) is 0 Å². The second-order valence-electron chi connectivity index (χ2n) is 5.53. The summed E-state index contributed by atoms with van der Waals surface area (Å²) in [5, 5.41) is 8.37. The van der Waals surface area contributed by atoms with Gasteiger partial charge in [-0.3, -0.25) is 15.1 Å². The van der Waals surface area contributed by atoms with E-state index in [1.807, 2.05) is 36.4 Å². The molecule has 2 N–H and O–H groups in total. The van der Waals surface area contributed by atoms with Gasteiger partial charge in [0.1, 0.15) is 5.69 Å². The fourth-order valence-electron chi connectivity index (χ4n) is 2.87. The Labute approximate surface area is 136 Å². The van der Waals surface area contributed by atoms with Crippen LogP contribution in [0, 0.1) is 0 Å². The number of aromatic nitrogens is 6. The number of hydrogen-bond donors (Lipinski definition) is 2. The van der Waals surface area contributed by atoms with Crippen molar-refractivity contribution in [3.63, 3.8) is 0 Å². The highest BCUT2D eigenvalue weighted by Crippen LogP contribution is 2.29. The number of rotatable bonds is 2. The quantitative estimate of drug-likeness (QED) is 0.522. The van der Waals surface area contributed by atoms with E-state index < -0.39 is 0 Å². The van der Waals surface area contributed by atoms with Crippen molar-refractivity contribution < 1.29 is 0 Å². The topological polar surface area (TPSA) is 83.1 Å². The molecule has 5 heterocycles. The van der Waals surface area contributed by atoms with Crippen molar-refractivity contribution in [2.45, 2.75) is 0 Å². The van der Waals surface area contributed by atoms with E-state index >= 15 is 0 Å². The second-order valence-corrected chi connectivity index (χ2v) is 5.53. The zero-order chi connectivity index (χ0) is 15.9. The minimum absolute atomic E-state index is 0.747. The zero-order valence-corrected chi connectivity index (χ0v) is 12.6. The number of nitrogens with zero attached hydrogens (tertiary/aromatic N) is 4. The Balaban J connectivity index is 1.71. The molecule has 0 bridgehead atoms. The van der Waals surface area contributed by atoms with Gasteiger partial charge in [0, 0.05) is 29.5 Å². The summed E-state index contributed by atoms with van der Waals surface area (Å²) in [5.41, 5.74) is 6.23. The highest BCUT2D eigenvalue weighted by Gasteiger charge is 2.13. The molecule has 24 heavy (non-hydrogen) atoms. The van der Waals surface area contributed by atoms with E-state index in [9.17, 15) is 0 Å². The van der Waals surface area contributed by atoms with E-state index in [-0.39, 0.29) is 0 Å². The summed E-state index contributed by atoms with van der Waals surface area (Å²) in [4.78, 5) is 16.6. The molecule has 0 aliphatic carbocycles. The first-order valence-electron chi connectivity index (χ1n) is 7.58. The standard InChI is InChI=1S/C18H12N6/c1-2-6-19-13(4-1)11-8-12-17(23-24-18(12)21-10-11)16-9-15-14(22-16)5-3-7-20-15/h1-10,22H,(H,21,23,24). The van der Waals surface area contributed by atoms with E-state index in [0.717, 1.165) is 44.7 Å². The third-order valence-electron chi connectivity index (χ3n) is 4.02. The fraction of sp³-hybridized carbons (Fsp3) is 0. The SMILES string of the molecule is c1ccc(-c2cnc3[nH]nc(-c4cc5ncccc5[nH]4)c3c2)nc1. The number of hydrogen-bond acceptors (Lipinski definition) is 4. The van der Waals surface area contributed by atoms with Gasteiger partial charge in [0.05, 0.1) is 22.4 Å². The van der Waals surface area contributed by atoms with Gasteiger partial charge in [-0.2, -0.15) is 5.10 Å². The Kier molecular flexibility index (Phi) is 2.69. The molecule has 6 nitrogen and oxygen atoms in total. The second kappa shape index (κ2) is 4.99. The normalized spacial score (nSPS) is 11.3. The molecule has 5 aromatic heterocycles. The van der Waals surface area contributed by atoms with Gasteiger partial charge in [0.2, 0.25) is 0 Å². The minimum atomic E-state index is 0.747. The van der Waals surface area contributed by atoms with Gasteiger partial charge in [-0.05, 0) is 36.4 Å². The summed E-state index contributed by atoms with van der Waals surface area (Å²) in [6, 6.07) is 13.8. The Morgan fingerprint density at radius 1 is 0.875 bits per heavy atom. The first kappa shape index (κ1) is 13.0. The van der Waals surface area contributed by atoms with Crippen LogP contribution in [0.2, 0.25) is 0 Å². The molecule has 0 aliphatic rings. The van der Waals surface area contributed by atoms with E-state index in [4.69, 9.17) is 0 Å². The minimum Gasteiger partial charge on any atom is -0.352 e. The smallest absolute Gasteiger partial charge is 0.155 e. The third kappa shape index (κ3) is 1.97. The molecule has 5 aromatic rings. The summed E-state index contributed by atoms with van der Waals surface area (Å²) < 4.78 is 0. The molecule has 114 valence electrons. The molecule has 0 radical (unpaired) electrons. The van der Waals surface area contributed by atoms with Crippen molar-refractivity contribution in [3.8, 4) is 22.6 Å². The molecule has 5 rings (SSSR count). The predicted octanol–water partition coefficient (Wildman–Crippen LogP) is 3.56. The largest absolute Gasteiger partial charge is 0.352 e. The van der Waals surface area contributed by atoms with E-state index in [1.165, 1.54) is 0 Å². The number of H-pyrrole nitrogens is 2. The third-order valence-corrected chi connectivity index (χ3v) is 4.02. The molecular formula is C18H12N6. The van der Waals surface area contributed by atoms with Gasteiger partial charge in [-0.1, -0.05) is 6.07 Å². The zero-order valence-electron chi connectivity index (χ0n) is 12.6. The van der Waals surface area contributed by atoms with Gasteiger partial charge >= 0.3 is 0 Å². The average molecular weight is 312 g/mol. The molecule has 0 amide bonds. The molecule has 0 unspecified atom stereocenters. The van der Waals surface area contributed by atoms with Crippen molar-refractivity contribution >= 4 is 22.1 Å².